The summed E-state index contributed by atoms with van der Waals surface area (Å²) in [5, 5.41) is 2.93. The van der Waals surface area contributed by atoms with Crippen LogP contribution in [0.5, 0.6) is 5.75 Å². The number of nitrogens with one attached hydrogen (secondary N) is 1. The molecule has 6 heteroatoms. The molecule has 0 radical (unpaired) electrons. The van der Waals surface area contributed by atoms with Gasteiger partial charge in [0.25, 0.3) is 0 Å². The lowest BCUT2D eigenvalue weighted by atomic mass is 10.2. The largest absolute Gasteiger partial charge is 0.497 e. The van der Waals surface area contributed by atoms with E-state index in [4.69, 9.17) is 4.74 Å². The second-order valence-corrected chi connectivity index (χ2v) is 4.05. The summed E-state index contributed by atoms with van der Waals surface area (Å²) in [7, 11) is 1.54. The Kier molecular flexibility index (Phi) is 3.36. The van der Waals surface area contributed by atoms with Crippen molar-refractivity contribution in [2.24, 2.45) is 0 Å². The summed E-state index contributed by atoms with van der Waals surface area (Å²) >= 11 is 0. The van der Waals surface area contributed by atoms with Crippen molar-refractivity contribution >= 4 is 11.7 Å². The molecule has 98 valence electrons. The molecule has 2 rings (SSSR count). The Bertz CT molecular complexity index is 451. The van der Waals surface area contributed by atoms with E-state index in [0.717, 1.165) is 5.69 Å². The van der Waals surface area contributed by atoms with Gasteiger partial charge in [0.2, 0.25) is 0 Å². The molecule has 0 spiro atoms. The summed E-state index contributed by atoms with van der Waals surface area (Å²) in [6, 6.07) is 7.05. The minimum absolute atomic E-state index is 0.147. The molecule has 18 heavy (non-hydrogen) atoms. The zero-order chi connectivity index (χ0) is 13.2. The topological polar surface area (TPSA) is 47.6 Å². The van der Waals surface area contributed by atoms with Crippen molar-refractivity contribution in [3.8, 4) is 5.75 Å². The van der Waals surface area contributed by atoms with Crippen LogP contribution in [0.2, 0.25) is 0 Å². The molecule has 0 aromatic heterocycles. The van der Waals surface area contributed by atoms with E-state index < -0.39 is 24.4 Å². The van der Waals surface area contributed by atoms with Gasteiger partial charge in [-0.2, -0.15) is 8.78 Å². The van der Waals surface area contributed by atoms with Crippen LogP contribution < -0.4 is 10.1 Å². The molecule has 1 aromatic rings. The summed E-state index contributed by atoms with van der Waals surface area (Å²) in [5.41, 5.74) is 0.723. The number of hydrogen-bond donors (Lipinski definition) is 1. The van der Waals surface area contributed by atoms with Gasteiger partial charge >= 0.3 is 11.9 Å². The Morgan fingerprint density at radius 2 is 2.33 bits per heavy atom. The van der Waals surface area contributed by atoms with Gasteiger partial charge in [0.1, 0.15) is 11.9 Å². The highest BCUT2D eigenvalue weighted by Crippen LogP contribution is 2.31. The smallest absolute Gasteiger partial charge is 0.377 e. The quantitative estimate of drug-likeness (QED) is 0.839. The molecule has 4 nitrogen and oxygen atoms in total. The Hall–Kier alpha value is -1.85. The maximum absolute atomic E-state index is 12.9. The molecule has 1 saturated heterocycles. The highest BCUT2D eigenvalue weighted by atomic mass is 19.3. The average Bonchev–Trinajstić information content (AvgIpc) is 2.61. The number of benzene rings is 1. The van der Waals surface area contributed by atoms with E-state index in [0.29, 0.717) is 5.75 Å². The molecule has 1 aliphatic rings. The first-order chi connectivity index (χ1) is 8.51. The molecule has 1 N–H and O–H groups in total. The standard InChI is InChI=1S/C12H13F2NO3/c1-17-9-4-2-3-8(5-9)15-7-10-6-12(13,14)11(16)18-10/h2-5,10,15H,6-7H2,1H3. The molecule has 1 aromatic carbocycles. The average molecular weight is 257 g/mol. The van der Waals surface area contributed by atoms with E-state index in [-0.39, 0.29) is 6.54 Å². The van der Waals surface area contributed by atoms with Crippen LogP contribution in [-0.2, 0) is 9.53 Å². The van der Waals surface area contributed by atoms with Crippen molar-refractivity contribution in [3.05, 3.63) is 24.3 Å². The summed E-state index contributed by atoms with van der Waals surface area (Å²) in [4.78, 5) is 10.8. The van der Waals surface area contributed by atoms with Crippen LogP contribution in [0.15, 0.2) is 24.3 Å². The van der Waals surface area contributed by atoms with Crippen molar-refractivity contribution in [2.45, 2.75) is 18.4 Å². The van der Waals surface area contributed by atoms with Gasteiger partial charge in [-0.25, -0.2) is 4.79 Å². The summed E-state index contributed by atoms with van der Waals surface area (Å²) in [6.45, 7) is 0.147. The molecule has 1 fully saturated rings. The number of cyclic esters (lactones) is 1. The number of rotatable bonds is 4. The number of anilines is 1. The predicted octanol–water partition coefficient (Wildman–Crippen LogP) is 2.06. The van der Waals surface area contributed by atoms with Crippen LogP contribution in [0.3, 0.4) is 0 Å². The van der Waals surface area contributed by atoms with Crippen molar-refractivity contribution in [2.75, 3.05) is 19.0 Å². The second kappa shape index (κ2) is 4.80. The van der Waals surface area contributed by atoms with Gasteiger partial charge in [0, 0.05) is 11.8 Å². The molecule has 1 atom stereocenters. The van der Waals surface area contributed by atoms with Crippen LogP contribution in [0.1, 0.15) is 6.42 Å². The first-order valence-corrected chi connectivity index (χ1v) is 5.48. The maximum Gasteiger partial charge on any atom is 0.377 e. The van der Waals surface area contributed by atoms with Crippen LogP contribution in [0, 0.1) is 0 Å². The van der Waals surface area contributed by atoms with E-state index in [2.05, 4.69) is 10.1 Å². The molecule has 1 unspecified atom stereocenters. The number of alkyl halides is 2. The first-order valence-electron chi connectivity index (χ1n) is 5.48. The predicted molar refractivity (Wildman–Crippen MR) is 60.9 cm³/mol. The van der Waals surface area contributed by atoms with Gasteiger partial charge in [-0.15, -0.1) is 0 Å². The number of carbonyl (C=O) groups excluding carboxylic acids is 1. The van der Waals surface area contributed by atoms with Crippen LogP contribution in [-0.4, -0.2) is 31.7 Å². The second-order valence-electron chi connectivity index (χ2n) is 4.05. The van der Waals surface area contributed by atoms with E-state index >= 15 is 0 Å². The van der Waals surface area contributed by atoms with Gasteiger partial charge < -0.3 is 14.8 Å². The molecule has 1 heterocycles. The fraction of sp³-hybridized carbons (Fsp3) is 0.417. The maximum atomic E-state index is 12.9. The SMILES string of the molecule is COc1cccc(NCC2CC(F)(F)C(=O)O2)c1. The third kappa shape index (κ3) is 2.69. The lowest BCUT2D eigenvalue weighted by Crippen LogP contribution is -2.22. The Morgan fingerprint density at radius 1 is 1.56 bits per heavy atom. The lowest BCUT2D eigenvalue weighted by Gasteiger charge is -2.11. The lowest BCUT2D eigenvalue weighted by molar-refractivity contribution is -0.158. The number of halogens is 2. The summed E-state index contributed by atoms with van der Waals surface area (Å²) < 4.78 is 35.4. The molecule has 0 bridgehead atoms. The van der Waals surface area contributed by atoms with Crippen molar-refractivity contribution in [3.63, 3.8) is 0 Å². The molecule has 0 aliphatic carbocycles. The van der Waals surface area contributed by atoms with Crippen LogP contribution in [0.25, 0.3) is 0 Å². The minimum atomic E-state index is -3.36. The highest BCUT2D eigenvalue weighted by molar-refractivity contribution is 5.79. The molecular weight excluding hydrogens is 244 g/mol. The van der Waals surface area contributed by atoms with Gasteiger partial charge in [-0.05, 0) is 12.1 Å². The Morgan fingerprint density at radius 3 is 2.94 bits per heavy atom. The number of esters is 1. The van der Waals surface area contributed by atoms with Gasteiger partial charge in [-0.1, -0.05) is 6.07 Å². The van der Waals surface area contributed by atoms with Crippen molar-refractivity contribution in [1.82, 2.24) is 0 Å². The van der Waals surface area contributed by atoms with Crippen molar-refractivity contribution < 1.29 is 23.0 Å². The minimum Gasteiger partial charge on any atom is -0.497 e. The highest BCUT2D eigenvalue weighted by Gasteiger charge is 2.50. The summed E-state index contributed by atoms with van der Waals surface area (Å²) in [6.07, 6.45) is -1.39. The van der Waals surface area contributed by atoms with Crippen LogP contribution in [0.4, 0.5) is 14.5 Å². The number of ether oxygens (including phenoxy) is 2. The Labute approximate surface area is 103 Å². The van der Waals surface area contributed by atoms with E-state index in [1.54, 1.807) is 31.4 Å². The van der Waals surface area contributed by atoms with E-state index in [1.807, 2.05) is 0 Å². The summed E-state index contributed by atoms with van der Waals surface area (Å²) in [5.74, 6) is -4.14. The third-order valence-corrected chi connectivity index (χ3v) is 2.66. The monoisotopic (exact) mass is 257 g/mol. The molecule has 0 amide bonds. The van der Waals surface area contributed by atoms with Crippen molar-refractivity contribution in [1.29, 1.82) is 0 Å². The molecule has 0 saturated carbocycles. The third-order valence-electron chi connectivity index (χ3n) is 2.66. The first kappa shape index (κ1) is 12.6. The van der Waals surface area contributed by atoms with Gasteiger partial charge in [-0.3, -0.25) is 0 Å². The molecular formula is C12H13F2NO3. The normalized spacial score (nSPS) is 21.5. The van der Waals surface area contributed by atoms with Gasteiger partial charge in [0.05, 0.1) is 20.1 Å². The zero-order valence-corrected chi connectivity index (χ0v) is 9.78. The number of hydrogen-bond acceptors (Lipinski definition) is 4. The Balaban J connectivity index is 1.91. The zero-order valence-electron chi connectivity index (χ0n) is 9.78. The van der Waals surface area contributed by atoms with E-state index in [1.165, 1.54) is 0 Å². The fourth-order valence-electron chi connectivity index (χ4n) is 1.73. The number of carbonyl (C=O) groups is 1. The van der Waals surface area contributed by atoms with Gasteiger partial charge in [0.15, 0.2) is 0 Å². The van der Waals surface area contributed by atoms with E-state index in [9.17, 15) is 13.6 Å². The molecule has 1 aliphatic heterocycles. The number of methoxy groups -OCH3 is 1. The fourth-order valence-corrected chi connectivity index (χ4v) is 1.73. The van der Waals surface area contributed by atoms with Crippen LogP contribution >= 0.6 is 0 Å².